The van der Waals surface area contributed by atoms with Crippen molar-refractivity contribution in [3.63, 3.8) is 0 Å². The van der Waals surface area contributed by atoms with Gasteiger partial charge in [0.15, 0.2) is 11.6 Å². The van der Waals surface area contributed by atoms with Gasteiger partial charge in [-0.15, -0.1) is 0 Å². The van der Waals surface area contributed by atoms with Crippen molar-refractivity contribution in [3.8, 4) is 11.1 Å². The zero-order chi connectivity index (χ0) is 22.1. The first kappa shape index (κ1) is 21.3. The average Bonchev–Trinajstić information content (AvgIpc) is 2.74. The fraction of sp³-hybridized carbons (Fsp3) is 0.231. The highest BCUT2D eigenvalue weighted by Crippen LogP contribution is 2.37. The normalized spacial score (nSPS) is 13.2. The number of hydrogen-bond donors (Lipinski definition) is 0. The summed E-state index contributed by atoms with van der Waals surface area (Å²) < 4.78 is 71.3. The van der Waals surface area contributed by atoms with E-state index in [4.69, 9.17) is 0 Å². The van der Waals surface area contributed by atoms with Crippen molar-refractivity contribution in [1.82, 2.24) is 0 Å². The molecule has 0 bridgehead atoms. The molecule has 31 heavy (non-hydrogen) atoms. The lowest BCUT2D eigenvalue weighted by molar-refractivity contribution is 0.509. The number of unbranched alkanes of at least 4 members (excludes halogenated alkanes) is 1. The minimum Gasteiger partial charge on any atom is -0.206 e. The summed E-state index contributed by atoms with van der Waals surface area (Å²) in [5.74, 6) is -3.81. The average molecular weight is 428 g/mol. The lowest BCUT2D eigenvalue weighted by Gasteiger charge is -2.20. The number of rotatable bonds is 5. The second-order valence-corrected chi connectivity index (χ2v) is 7.83. The molecule has 0 nitrogen and oxygen atoms in total. The molecule has 5 heteroatoms. The molecule has 3 aromatic rings. The molecule has 4 rings (SSSR count). The van der Waals surface area contributed by atoms with Crippen LogP contribution in [-0.4, -0.2) is 0 Å². The molecule has 0 heterocycles. The van der Waals surface area contributed by atoms with Crippen LogP contribution in [-0.2, 0) is 12.8 Å². The fourth-order valence-corrected chi connectivity index (χ4v) is 4.09. The van der Waals surface area contributed by atoms with Crippen LogP contribution in [0, 0.1) is 29.1 Å². The summed E-state index contributed by atoms with van der Waals surface area (Å²) in [5.41, 5.74) is 2.34. The van der Waals surface area contributed by atoms with Gasteiger partial charge in [-0.3, -0.25) is 0 Å². The molecular formula is C26H21F5. The van der Waals surface area contributed by atoms with E-state index in [0.717, 1.165) is 25.0 Å². The number of halogens is 5. The quantitative estimate of drug-likeness (QED) is 0.363. The standard InChI is InChI=1S/C26H21F5/c1-2-3-4-15-11-23(29)25(24(30)12-15)18-6-9-19-16(13-18)5-8-20(26(19)31)17-7-10-21(27)22(28)14-17/h5,7-8,10-14H,2-4,6,9H2,1H3. The molecule has 0 aromatic heterocycles. The maximum atomic E-state index is 15.1. The van der Waals surface area contributed by atoms with Gasteiger partial charge in [0.25, 0.3) is 0 Å². The van der Waals surface area contributed by atoms with Crippen LogP contribution >= 0.6 is 0 Å². The van der Waals surface area contributed by atoms with E-state index >= 15 is 4.39 Å². The van der Waals surface area contributed by atoms with Gasteiger partial charge < -0.3 is 0 Å². The summed E-state index contributed by atoms with van der Waals surface area (Å²) in [5, 5.41) is 0. The van der Waals surface area contributed by atoms with Gasteiger partial charge in [0.1, 0.15) is 17.5 Å². The van der Waals surface area contributed by atoms with Gasteiger partial charge in [-0.1, -0.05) is 37.6 Å². The highest BCUT2D eigenvalue weighted by molar-refractivity contribution is 5.86. The van der Waals surface area contributed by atoms with E-state index in [9.17, 15) is 17.6 Å². The minimum absolute atomic E-state index is 0.0732. The Balaban J connectivity index is 1.71. The molecule has 3 aromatic carbocycles. The molecular weight excluding hydrogens is 407 g/mol. The maximum absolute atomic E-state index is 15.1. The summed E-state index contributed by atoms with van der Waals surface area (Å²) in [6.07, 6.45) is 4.53. The Hall–Kier alpha value is -2.95. The summed E-state index contributed by atoms with van der Waals surface area (Å²) >= 11 is 0. The predicted octanol–water partition coefficient (Wildman–Crippen LogP) is 7.88. The first-order chi connectivity index (χ1) is 14.9. The van der Waals surface area contributed by atoms with E-state index in [1.165, 1.54) is 24.3 Å². The highest BCUT2D eigenvalue weighted by Gasteiger charge is 2.23. The molecule has 0 fully saturated rings. The van der Waals surface area contributed by atoms with Gasteiger partial charge in [-0.25, -0.2) is 22.0 Å². The van der Waals surface area contributed by atoms with Crippen molar-refractivity contribution in [2.45, 2.75) is 39.0 Å². The highest BCUT2D eigenvalue weighted by atomic mass is 19.2. The van der Waals surface area contributed by atoms with Crippen molar-refractivity contribution < 1.29 is 22.0 Å². The van der Waals surface area contributed by atoms with Gasteiger partial charge >= 0.3 is 0 Å². The zero-order valence-electron chi connectivity index (χ0n) is 17.0. The Morgan fingerprint density at radius 2 is 1.52 bits per heavy atom. The van der Waals surface area contributed by atoms with Crippen LogP contribution in [0.15, 0.2) is 42.5 Å². The summed E-state index contributed by atoms with van der Waals surface area (Å²) in [4.78, 5) is 0. The Labute approximate surface area is 178 Å². The number of aryl methyl sites for hydroxylation is 1. The number of hydrogen-bond acceptors (Lipinski definition) is 0. The van der Waals surface area contributed by atoms with Crippen LogP contribution in [0.2, 0.25) is 0 Å². The maximum Gasteiger partial charge on any atom is 0.159 e. The summed E-state index contributed by atoms with van der Waals surface area (Å²) in [6.45, 7) is 2.02. The number of allylic oxidation sites excluding steroid dienone is 1. The molecule has 0 unspecified atom stereocenters. The SMILES string of the molecule is CCCCc1cc(F)c(C2=Cc3ccc(-c4ccc(F)c(F)c4)c(F)c3CC2)c(F)c1. The van der Waals surface area contributed by atoms with Crippen LogP contribution in [0.4, 0.5) is 22.0 Å². The van der Waals surface area contributed by atoms with Gasteiger partial charge in [-0.2, -0.15) is 0 Å². The first-order valence-corrected chi connectivity index (χ1v) is 10.3. The van der Waals surface area contributed by atoms with Crippen molar-refractivity contribution in [2.24, 2.45) is 0 Å². The van der Waals surface area contributed by atoms with E-state index in [2.05, 4.69) is 0 Å². The van der Waals surface area contributed by atoms with Crippen molar-refractivity contribution in [1.29, 1.82) is 0 Å². The zero-order valence-corrected chi connectivity index (χ0v) is 17.0. The second kappa shape index (κ2) is 8.66. The van der Waals surface area contributed by atoms with Crippen LogP contribution in [0.5, 0.6) is 0 Å². The Morgan fingerprint density at radius 1 is 0.774 bits per heavy atom. The molecule has 0 amide bonds. The molecule has 0 spiro atoms. The monoisotopic (exact) mass is 428 g/mol. The van der Waals surface area contributed by atoms with E-state index < -0.39 is 29.1 Å². The van der Waals surface area contributed by atoms with Crippen molar-refractivity contribution in [2.75, 3.05) is 0 Å². The summed E-state index contributed by atoms with van der Waals surface area (Å²) in [6, 6.07) is 9.08. The van der Waals surface area contributed by atoms with Crippen LogP contribution < -0.4 is 0 Å². The third-order valence-electron chi connectivity index (χ3n) is 5.73. The van der Waals surface area contributed by atoms with E-state index in [-0.39, 0.29) is 29.5 Å². The molecule has 0 aliphatic heterocycles. The van der Waals surface area contributed by atoms with Crippen molar-refractivity contribution in [3.05, 3.63) is 93.8 Å². The van der Waals surface area contributed by atoms with Gasteiger partial charge in [0.2, 0.25) is 0 Å². The largest absolute Gasteiger partial charge is 0.206 e. The van der Waals surface area contributed by atoms with Gasteiger partial charge in [-0.05, 0) is 77.8 Å². The smallest absolute Gasteiger partial charge is 0.159 e. The number of fused-ring (bicyclic) bond motifs is 1. The predicted molar refractivity (Wildman–Crippen MR) is 113 cm³/mol. The van der Waals surface area contributed by atoms with E-state index in [0.29, 0.717) is 28.7 Å². The second-order valence-electron chi connectivity index (χ2n) is 7.83. The topological polar surface area (TPSA) is 0 Å². The van der Waals surface area contributed by atoms with E-state index in [1.54, 1.807) is 12.1 Å². The van der Waals surface area contributed by atoms with Crippen LogP contribution in [0.1, 0.15) is 48.4 Å². The lowest BCUT2D eigenvalue weighted by atomic mass is 9.85. The molecule has 0 saturated carbocycles. The molecule has 1 aliphatic rings. The Morgan fingerprint density at radius 3 is 2.19 bits per heavy atom. The first-order valence-electron chi connectivity index (χ1n) is 10.3. The molecule has 1 aliphatic carbocycles. The minimum atomic E-state index is -1.05. The molecule has 0 saturated heterocycles. The Bertz CT molecular complexity index is 1150. The third kappa shape index (κ3) is 4.14. The molecule has 0 radical (unpaired) electrons. The molecule has 0 N–H and O–H groups in total. The number of benzene rings is 3. The van der Waals surface area contributed by atoms with Crippen LogP contribution in [0.3, 0.4) is 0 Å². The van der Waals surface area contributed by atoms with E-state index in [1.807, 2.05) is 6.92 Å². The van der Waals surface area contributed by atoms with Gasteiger partial charge in [0.05, 0.1) is 0 Å². The third-order valence-corrected chi connectivity index (χ3v) is 5.73. The Kier molecular flexibility index (Phi) is 5.94. The van der Waals surface area contributed by atoms with Crippen LogP contribution in [0.25, 0.3) is 22.8 Å². The van der Waals surface area contributed by atoms with Gasteiger partial charge in [0, 0.05) is 11.1 Å². The molecule has 160 valence electrons. The fourth-order valence-electron chi connectivity index (χ4n) is 4.09. The molecule has 0 atom stereocenters. The van der Waals surface area contributed by atoms with Crippen molar-refractivity contribution >= 4 is 11.6 Å². The summed E-state index contributed by atoms with van der Waals surface area (Å²) in [7, 11) is 0. The lowest BCUT2D eigenvalue weighted by Crippen LogP contribution is -2.06.